The summed E-state index contributed by atoms with van der Waals surface area (Å²) in [6.45, 7) is 31.7. The van der Waals surface area contributed by atoms with Gasteiger partial charge in [-0.3, -0.25) is 0 Å². The first-order valence-corrected chi connectivity index (χ1v) is 32.0. The third-order valence-electron chi connectivity index (χ3n) is 21.8. The van der Waals surface area contributed by atoms with Gasteiger partial charge in [-0.15, -0.1) is 11.3 Å². The van der Waals surface area contributed by atoms with Gasteiger partial charge in [0.1, 0.15) is 0 Å². The molecule has 4 aliphatic carbocycles. The number of aryl methyl sites for hydroxylation is 2. The Kier molecular flexibility index (Phi) is 11.3. The molecular formula is C78H81BN2S. The number of hydrogen-bond donors (Lipinski definition) is 0. The molecule has 6 aliphatic rings. The van der Waals surface area contributed by atoms with Crippen molar-refractivity contribution < 1.29 is 0 Å². The SMILES string of the molecule is Cc1cccc(C)c1-c1cc2c3c(c1)N(c1ccc(-c4cccc5c4C(C)(C)CCC5(C)C)cc1)c1c(sc4cc5c(cc14)C(C)(C)CCC5(C)C)B3c1ccc(C(C)(C)C)cc1N2c1cccc2c1-c1ccccc1C21CCCCC1. The van der Waals surface area contributed by atoms with Gasteiger partial charge in [-0.05, 0) is 217 Å². The van der Waals surface area contributed by atoms with Crippen LogP contribution in [0, 0.1) is 13.8 Å². The van der Waals surface area contributed by atoms with Gasteiger partial charge in [-0.1, -0.05) is 192 Å². The monoisotopic (exact) mass is 1090 g/mol. The van der Waals surface area contributed by atoms with Gasteiger partial charge in [0.2, 0.25) is 0 Å². The molecule has 1 spiro atoms. The number of nitrogens with zero attached hydrogens (tertiary/aromatic N) is 2. The normalized spacial score (nSPS) is 19.0. The molecule has 2 aliphatic heterocycles. The zero-order chi connectivity index (χ0) is 56.8. The van der Waals surface area contributed by atoms with Crippen LogP contribution in [0.2, 0.25) is 0 Å². The molecule has 82 heavy (non-hydrogen) atoms. The number of rotatable bonds is 4. The van der Waals surface area contributed by atoms with Gasteiger partial charge in [-0.25, -0.2) is 0 Å². The molecule has 8 aromatic carbocycles. The van der Waals surface area contributed by atoms with E-state index in [2.05, 4.69) is 257 Å². The van der Waals surface area contributed by atoms with E-state index in [0.29, 0.717) is 0 Å². The highest BCUT2D eigenvalue weighted by atomic mass is 32.1. The summed E-state index contributed by atoms with van der Waals surface area (Å²) in [5.74, 6) is 0. The van der Waals surface area contributed by atoms with Crippen molar-refractivity contribution in [3.05, 3.63) is 196 Å². The topological polar surface area (TPSA) is 6.48 Å². The van der Waals surface area contributed by atoms with Crippen molar-refractivity contribution in [2.24, 2.45) is 0 Å². The van der Waals surface area contributed by atoms with E-state index < -0.39 is 0 Å². The highest BCUT2D eigenvalue weighted by molar-refractivity contribution is 7.33. The molecule has 1 aromatic heterocycles. The van der Waals surface area contributed by atoms with Gasteiger partial charge in [0.05, 0.1) is 11.4 Å². The van der Waals surface area contributed by atoms with Crippen LogP contribution in [0.25, 0.3) is 43.5 Å². The summed E-state index contributed by atoms with van der Waals surface area (Å²) < 4.78 is 2.84. The van der Waals surface area contributed by atoms with E-state index in [0.717, 1.165) is 0 Å². The number of thiophene rings is 1. The van der Waals surface area contributed by atoms with Crippen LogP contribution in [0.3, 0.4) is 0 Å². The van der Waals surface area contributed by atoms with E-state index in [1.165, 1.54) is 201 Å². The fourth-order valence-corrected chi connectivity index (χ4v) is 18.4. The maximum atomic E-state index is 2.78. The first-order valence-electron chi connectivity index (χ1n) is 31.2. The molecule has 4 heteroatoms. The largest absolute Gasteiger partial charge is 0.311 e. The van der Waals surface area contributed by atoms with Crippen molar-refractivity contribution in [2.45, 2.75) is 180 Å². The van der Waals surface area contributed by atoms with Crippen LogP contribution in [0.1, 0.15) is 184 Å². The highest BCUT2D eigenvalue weighted by Gasteiger charge is 2.50. The van der Waals surface area contributed by atoms with Crippen LogP contribution in [0.15, 0.2) is 146 Å². The molecule has 9 aromatic rings. The van der Waals surface area contributed by atoms with E-state index in [1.54, 1.807) is 0 Å². The lowest BCUT2D eigenvalue weighted by molar-refractivity contribution is 0.332. The summed E-state index contributed by atoms with van der Waals surface area (Å²) in [6, 6.07) is 59.0. The van der Waals surface area contributed by atoms with Gasteiger partial charge in [-0.2, -0.15) is 0 Å². The Morgan fingerprint density at radius 1 is 0.463 bits per heavy atom. The maximum Gasteiger partial charge on any atom is 0.264 e. The zero-order valence-corrected chi connectivity index (χ0v) is 51.9. The van der Waals surface area contributed by atoms with Crippen molar-refractivity contribution in [1.29, 1.82) is 0 Å². The second-order valence-corrected chi connectivity index (χ2v) is 30.8. The lowest BCUT2D eigenvalue weighted by Gasteiger charge is -2.45. The van der Waals surface area contributed by atoms with Gasteiger partial charge in [0.25, 0.3) is 6.71 Å². The van der Waals surface area contributed by atoms with E-state index in [9.17, 15) is 0 Å². The Morgan fingerprint density at radius 2 is 1.06 bits per heavy atom. The molecule has 15 rings (SSSR count). The van der Waals surface area contributed by atoms with Gasteiger partial charge in [0, 0.05) is 48.6 Å². The molecule has 0 radical (unpaired) electrons. The van der Waals surface area contributed by atoms with E-state index in [1.807, 2.05) is 0 Å². The van der Waals surface area contributed by atoms with Crippen molar-refractivity contribution >= 4 is 78.0 Å². The Labute approximate surface area is 494 Å². The predicted octanol–water partition coefficient (Wildman–Crippen LogP) is 20.2. The fraction of sp³-hybridized carbons (Fsp3) is 0.359. The third kappa shape index (κ3) is 7.44. The quantitative estimate of drug-likeness (QED) is 0.162. The van der Waals surface area contributed by atoms with Crippen LogP contribution in [-0.2, 0) is 32.5 Å². The summed E-state index contributed by atoms with van der Waals surface area (Å²) in [6.07, 6.45) is 11.0. The Hall–Kier alpha value is -6.62. The first kappa shape index (κ1) is 52.2. The average Bonchev–Trinajstić information content (AvgIpc) is 1.39. The first-order chi connectivity index (χ1) is 39.1. The maximum absolute atomic E-state index is 2.78. The van der Waals surface area contributed by atoms with Crippen LogP contribution >= 0.6 is 11.3 Å². The van der Waals surface area contributed by atoms with Crippen LogP contribution in [0.5, 0.6) is 0 Å². The summed E-state index contributed by atoms with van der Waals surface area (Å²) in [5.41, 5.74) is 32.0. The minimum Gasteiger partial charge on any atom is -0.311 e. The summed E-state index contributed by atoms with van der Waals surface area (Å²) in [4.78, 5) is 5.53. The molecule has 0 atom stereocenters. The number of fused-ring (bicyclic) bond motifs is 13. The Bertz CT molecular complexity index is 4150. The third-order valence-corrected chi connectivity index (χ3v) is 23.0. The fourth-order valence-electron chi connectivity index (χ4n) is 17.1. The number of anilines is 6. The van der Waals surface area contributed by atoms with Gasteiger partial charge < -0.3 is 9.80 Å². The molecule has 0 N–H and O–H groups in total. The zero-order valence-electron chi connectivity index (χ0n) is 51.1. The molecule has 2 nitrogen and oxygen atoms in total. The lowest BCUT2D eigenvalue weighted by atomic mass is 9.36. The molecule has 0 saturated heterocycles. The standard InChI is InChI=1S/C78H81BN2S/c1-47-22-19-23-48(2)67(47)50-42-64-70-65(43-50)81(62-29-21-27-57-68(62)54-24-15-16-26-56(54)78(57)36-17-14-18-37-78)63-44-51(73(3,4)5)32-35-61(63)79(70)72-71(55-45-59-60(46-66(55)82-72)76(10,11)39-38-75(59,8)9)80(64)52-33-30-49(31-34-52)53-25-20-28-58-69(53)77(12,13)41-40-74(58,6)7/h15-16,19-35,42-46H,14,17-18,36-41H2,1-13H3. The summed E-state index contributed by atoms with van der Waals surface area (Å²) in [5, 5.41) is 1.38. The molecule has 0 bridgehead atoms. The second kappa shape index (κ2) is 17.7. The molecule has 0 unspecified atom stereocenters. The predicted molar refractivity (Wildman–Crippen MR) is 355 cm³/mol. The molecule has 3 heterocycles. The van der Waals surface area contributed by atoms with Gasteiger partial charge >= 0.3 is 0 Å². The lowest BCUT2D eigenvalue weighted by Crippen LogP contribution is -2.60. The minimum atomic E-state index is -0.0639. The van der Waals surface area contributed by atoms with Crippen molar-refractivity contribution in [2.75, 3.05) is 9.80 Å². The van der Waals surface area contributed by atoms with Crippen molar-refractivity contribution in [1.82, 2.24) is 0 Å². The smallest absolute Gasteiger partial charge is 0.264 e. The van der Waals surface area contributed by atoms with E-state index >= 15 is 0 Å². The van der Waals surface area contributed by atoms with Gasteiger partial charge in [0.15, 0.2) is 0 Å². The van der Waals surface area contributed by atoms with Crippen molar-refractivity contribution in [3.8, 4) is 33.4 Å². The second-order valence-electron chi connectivity index (χ2n) is 29.7. The van der Waals surface area contributed by atoms with Crippen LogP contribution < -0.4 is 25.5 Å². The highest BCUT2D eigenvalue weighted by Crippen LogP contribution is 2.61. The molecule has 1 saturated carbocycles. The average molecular weight is 1090 g/mol. The Morgan fingerprint density at radius 3 is 1.77 bits per heavy atom. The molecule has 0 amide bonds. The minimum absolute atomic E-state index is 0.00779. The van der Waals surface area contributed by atoms with Crippen LogP contribution in [0.4, 0.5) is 34.1 Å². The molecular weight excluding hydrogens is 1010 g/mol. The van der Waals surface area contributed by atoms with Crippen molar-refractivity contribution in [3.63, 3.8) is 0 Å². The summed E-state index contributed by atoms with van der Waals surface area (Å²) in [7, 11) is 0. The number of benzene rings is 8. The molecule has 412 valence electrons. The number of hydrogen-bond acceptors (Lipinski definition) is 3. The Balaban J connectivity index is 1.06. The molecule has 1 fully saturated rings. The summed E-state index contributed by atoms with van der Waals surface area (Å²) >= 11 is 2.07. The van der Waals surface area contributed by atoms with E-state index in [4.69, 9.17) is 0 Å². The van der Waals surface area contributed by atoms with Crippen LogP contribution in [-0.4, -0.2) is 6.71 Å². The van der Waals surface area contributed by atoms with E-state index in [-0.39, 0.29) is 39.2 Å².